The van der Waals surface area contributed by atoms with Crippen molar-refractivity contribution < 1.29 is 0 Å². The minimum atomic E-state index is 0.502. The predicted octanol–water partition coefficient (Wildman–Crippen LogP) is 4.42. The van der Waals surface area contributed by atoms with Crippen molar-refractivity contribution in [2.45, 2.75) is 39.2 Å². The average Bonchev–Trinajstić information content (AvgIpc) is 2.84. The topological polar surface area (TPSA) is 30.7 Å². The second-order valence-corrected chi connectivity index (χ2v) is 6.23. The Morgan fingerprint density at radius 3 is 2.50 bits per heavy atom. The summed E-state index contributed by atoms with van der Waals surface area (Å²) < 4.78 is 2.07. The Labute approximate surface area is 125 Å². The van der Waals surface area contributed by atoms with Gasteiger partial charge in [-0.05, 0) is 36.3 Å². The SMILES string of the molecule is CC1CCC(Cn2c(Cl)nnc2-c2ccccc2)CC1. The summed E-state index contributed by atoms with van der Waals surface area (Å²) in [4.78, 5) is 0. The summed E-state index contributed by atoms with van der Waals surface area (Å²) in [5.41, 5.74) is 1.08. The second-order valence-electron chi connectivity index (χ2n) is 5.90. The van der Waals surface area contributed by atoms with Crippen molar-refractivity contribution in [3.8, 4) is 11.4 Å². The van der Waals surface area contributed by atoms with Crippen LogP contribution in [-0.4, -0.2) is 14.8 Å². The first-order chi connectivity index (χ1) is 9.74. The number of hydrogen-bond acceptors (Lipinski definition) is 2. The first-order valence-electron chi connectivity index (χ1n) is 7.38. The van der Waals surface area contributed by atoms with Gasteiger partial charge in [0, 0.05) is 12.1 Å². The van der Waals surface area contributed by atoms with Crippen LogP contribution < -0.4 is 0 Å². The third-order valence-corrected chi connectivity index (χ3v) is 4.59. The van der Waals surface area contributed by atoms with Crippen molar-refractivity contribution >= 4 is 11.6 Å². The highest BCUT2D eigenvalue weighted by atomic mass is 35.5. The molecule has 2 aromatic rings. The van der Waals surface area contributed by atoms with Crippen molar-refractivity contribution in [1.29, 1.82) is 0 Å². The van der Waals surface area contributed by atoms with Crippen LogP contribution in [0.5, 0.6) is 0 Å². The molecular weight excluding hydrogens is 270 g/mol. The lowest BCUT2D eigenvalue weighted by Crippen LogP contribution is -2.18. The zero-order valence-corrected chi connectivity index (χ0v) is 12.6. The summed E-state index contributed by atoms with van der Waals surface area (Å²) in [6.45, 7) is 3.28. The number of hydrogen-bond donors (Lipinski definition) is 0. The molecule has 20 heavy (non-hydrogen) atoms. The van der Waals surface area contributed by atoms with Gasteiger partial charge in [0.1, 0.15) is 0 Å². The van der Waals surface area contributed by atoms with Crippen molar-refractivity contribution in [2.75, 3.05) is 0 Å². The fourth-order valence-corrected chi connectivity index (χ4v) is 3.20. The summed E-state index contributed by atoms with van der Waals surface area (Å²) >= 11 is 6.23. The second kappa shape index (κ2) is 5.96. The van der Waals surface area contributed by atoms with Crippen LogP contribution in [0, 0.1) is 11.8 Å². The van der Waals surface area contributed by atoms with Gasteiger partial charge < -0.3 is 0 Å². The maximum absolute atomic E-state index is 6.23. The van der Waals surface area contributed by atoms with Crippen LogP contribution >= 0.6 is 11.6 Å². The Hall–Kier alpha value is -1.35. The Bertz CT molecular complexity index is 556. The van der Waals surface area contributed by atoms with Gasteiger partial charge in [0.05, 0.1) is 0 Å². The van der Waals surface area contributed by atoms with E-state index in [2.05, 4.69) is 33.8 Å². The molecule has 0 spiro atoms. The molecule has 0 radical (unpaired) electrons. The highest BCUT2D eigenvalue weighted by Gasteiger charge is 2.21. The van der Waals surface area contributed by atoms with Gasteiger partial charge in [-0.2, -0.15) is 0 Å². The van der Waals surface area contributed by atoms with Crippen molar-refractivity contribution in [3.63, 3.8) is 0 Å². The van der Waals surface area contributed by atoms with Crippen LogP contribution in [0.2, 0.25) is 5.28 Å². The monoisotopic (exact) mass is 289 g/mol. The summed E-state index contributed by atoms with van der Waals surface area (Å²) in [6.07, 6.45) is 5.21. The summed E-state index contributed by atoms with van der Waals surface area (Å²) in [6, 6.07) is 10.2. The molecule has 1 aliphatic rings. The normalized spacial score (nSPS) is 22.9. The number of aromatic nitrogens is 3. The largest absolute Gasteiger partial charge is 0.298 e. The fraction of sp³-hybridized carbons (Fsp3) is 0.500. The Morgan fingerprint density at radius 2 is 1.80 bits per heavy atom. The molecule has 4 heteroatoms. The maximum atomic E-state index is 6.23. The van der Waals surface area contributed by atoms with Gasteiger partial charge >= 0.3 is 0 Å². The van der Waals surface area contributed by atoms with Gasteiger partial charge in [-0.1, -0.05) is 50.1 Å². The van der Waals surface area contributed by atoms with Crippen LogP contribution in [0.3, 0.4) is 0 Å². The molecule has 1 fully saturated rings. The van der Waals surface area contributed by atoms with Gasteiger partial charge in [-0.15, -0.1) is 10.2 Å². The lowest BCUT2D eigenvalue weighted by Gasteiger charge is -2.26. The lowest BCUT2D eigenvalue weighted by molar-refractivity contribution is 0.265. The first kappa shape index (κ1) is 13.6. The highest BCUT2D eigenvalue weighted by molar-refractivity contribution is 6.28. The quantitative estimate of drug-likeness (QED) is 0.837. The highest BCUT2D eigenvalue weighted by Crippen LogP contribution is 2.31. The van der Waals surface area contributed by atoms with E-state index in [1.807, 2.05) is 18.2 Å². The van der Waals surface area contributed by atoms with E-state index >= 15 is 0 Å². The zero-order chi connectivity index (χ0) is 13.9. The van der Waals surface area contributed by atoms with E-state index in [9.17, 15) is 0 Å². The minimum Gasteiger partial charge on any atom is -0.298 e. The third kappa shape index (κ3) is 2.88. The average molecular weight is 290 g/mol. The standard InChI is InChI=1S/C16H20ClN3/c1-12-7-9-13(10-8-12)11-20-15(18-19-16(20)17)14-5-3-2-4-6-14/h2-6,12-13H,7-11H2,1H3. The van der Waals surface area contributed by atoms with Crippen LogP contribution in [-0.2, 0) is 6.54 Å². The molecular formula is C16H20ClN3. The molecule has 1 aromatic heterocycles. The van der Waals surface area contributed by atoms with Gasteiger partial charge in [0.2, 0.25) is 5.28 Å². The fourth-order valence-electron chi connectivity index (χ4n) is 3.02. The van der Waals surface area contributed by atoms with Crippen LogP contribution in [0.15, 0.2) is 30.3 Å². The number of nitrogens with zero attached hydrogens (tertiary/aromatic N) is 3. The molecule has 1 heterocycles. The van der Waals surface area contributed by atoms with Crippen molar-refractivity contribution in [1.82, 2.24) is 14.8 Å². The molecule has 1 aliphatic carbocycles. The molecule has 0 atom stereocenters. The van der Waals surface area contributed by atoms with Crippen LogP contribution in [0.1, 0.15) is 32.6 Å². The molecule has 3 nitrogen and oxygen atoms in total. The molecule has 0 unspecified atom stereocenters. The Balaban J connectivity index is 1.81. The van der Waals surface area contributed by atoms with Gasteiger partial charge in [0.25, 0.3) is 0 Å². The molecule has 1 saturated carbocycles. The Kier molecular flexibility index (Phi) is 4.06. The number of benzene rings is 1. The van der Waals surface area contributed by atoms with E-state index in [0.717, 1.165) is 23.9 Å². The molecule has 0 saturated heterocycles. The summed E-state index contributed by atoms with van der Waals surface area (Å²) in [5, 5.41) is 8.80. The van der Waals surface area contributed by atoms with Crippen molar-refractivity contribution in [3.05, 3.63) is 35.6 Å². The molecule has 106 valence electrons. The number of rotatable bonds is 3. The van der Waals surface area contributed by atoms with Crippen molar-refractivity contribution in [2.24, 2.45) is 11.8 Å². The summed E-state index contributed by atoms with van der Waals surface area (Å²) in [7, 11) is 0. The van der Waals surface area contributed by atoms with E-state index in [0.29, 0.717) is 11.2 Å². The molecule has 0 aliphatic heterocycles. The predicted molar refractivity (Wildman–Crippen MR) is 81.6 cm³/mol. The van der Waals surface area contributed by atoms with Crippen LogP contribution in [0.4, 0.5) is 0 Å². The van der Waals surface area contributed by atoms with Gasteiger partial charge in [-0.3, -0.25) is 4.57 Å². The molecule has 0 amide bonds. The first-order valence-corrected chi connectivity index (χ1v) is 7.76. The minimum absolute atomic E-state index is 0.502. The molecule has 0 bridgehead atoms. The van der Waals surface area contributed by atoms with Gasteiger partial charge in [0.15, 0.2) is 5.82 Å². The van der Waals surface area contributed by atoms with E-state index in [4.69, 9.17) is 11.6 Å². The summed E-state index contributed by atoms with van der Waals surface area (Å²) in [5.74, 6) is 2.45. The zero-order valence-electron chi connectivity index (χ0n) is 11.8. The van der Waals surface area contributed by atoms with Crippen LogP contribution in [0.25, 0.3) is 11.4 Å². The lowest BCUT2D eigenvalue weighted by atomic mass is 9.83. The molecule has 3 rings (SSSR count). The smallest absolute Gasteiger partial charge is 0.225 e. The van der Waals surface area contributed by atoms with E-state index in [-0.39, 0.29) is 0 Å². The van der Waals surface area contributed by atoms with Gasteiger partial charge in [-0.25, -0.2) is 0 Å². The third-order valence-electron chi connectivity index (χ3n) is 4.31. The van der Waals surface area contributed by atoms with E-state index in [1.165, 1.54) is 25.7 Å². The number of halogens is 1. The Morgan fingerprint density at radius 1 is 1.10 bits per heavy atom. The van der Waals surface area contributed by atoms with E-state index < -0.39 is 0 Å². The molecule has 0 N–H and O–H groups in total. The molecule has 1 aromatic carbocycles. The van der Waals surface area contributed by atoms with E-state index in [1.54, 1.807) is 0 Å². The maximum Gasteiger partial charge on any atom is 0.225 e.